The van der Waals surface area contributed by atoms with Crippen molar-refractivity contribution >= 4 is 18.0 Å². The fraction of sp³-hybridized carbons (Fsp3) is 0.375. The normalized spacial score (nSPS) is 22.5. The quantitative estimate of drug-likeness (QED) is 0.871. The lowest BCUT2D eigenvalue weighted by molar-refractivity contribution is -0.152. The molecule has 0 saturated carbocycles. The van der Waals surface area contributed by atoms with Crippen LogP contribution in [0.25, 0.3) is 6.08 Å². The third kappa shape index (κ3) is 3.68. The molecule has 1 aromatic rings. The van der Waals surface area contributed by atoms with Crippen molar-refractivity contribution in [2.45, 2.75) is 19.8 Å². The summed E-state index contributed by atoms with van der Waals surface area (Å²) in [7, 11) is 0. The number of halogens is 1. The molecule has 1 atom stereocenters. The van der Waals surface area contributed by atoms with Gasteiger partial charge in [-0.05, 0) is 43.5 Å². The zero-order valence-corrected chi connectivity index (χ0v) is 11.9. The second-order valence-corrected chi connectivity index (χ2v) is 5.62. The largest absolute Gasteiger partial charge is 0.481 e. The third-order valence-electron chi connectivity index (χ3n) is 3.79. The minimum atomic E-state index is -0.888. The first kappa shape index (κ1) is 15.2. The predicted octanol–water partition coefficient (Wildman–Crippen LogP) is 2.55. The van der Waals surface area contributed by atoms with Gasteiger partial charge in [0.05, 0.1) is 5.41 Å². The molecule has 1 N–H and O–H groups in total. The number of carboxylic acid groups (broad SMARTS) is 1. The van der Waals surface area contributed by atoms with Gasteiger partial charge in [-0.25, -0.2) is 4.39 Å². The molecular formula is C16H18FNO3. The number of nitrogens with zero attached hydrogens (tertiary/aromatic N) is 1. The summed E-state index contributed by atoms with van der Waals surface area (Å²) in [4.78, 5) is 24.9. The molecule has 1 saturated heterocycles. The Morgan fingerprint density at radius 1 is 1.43 bits per heavy atom. The van der Waals surface area contributed by atoms with E-state index in [0.29, 0.717) is 24.9 Å². The van der Waals surface area contributed by atoms with Gasteiger partial charge in [0.15, 0.2) is 0 Å². The molecular weight excluding hydrogens is 273 g/mol. The Morgan fingerprint density at radius 3 is 2.86 bits per heavy atom. The Balaban J connectivity index is 2.05. The van der Waals surface area contributed by atoms with Crippen LogP contribution >= 0.6 is 0 Å². The van der Waals surface area contributed by atoms with E-state index in [9.17, 15) is 19.1 Å². The predicted molar refractivity (Wildman–Crippen MR) is 77.0 cm³/mol. The van der Waals surface area contributed by atoms with E-state index in [4.69, 9.17) is 0 Å². The van der Waals surface area contributed by atoms with E-state index >= 15 is 0 Å². The number of carbonyl (C=O) groups is 2. The smallest absolute Gasteiger partial charge is 0.311 e. The summed E-state index contributed by atoms with van der Waals surface area (Å²) in [5.41, 5.74) is -0.290. The highest BCUT2D eigenvalue weighted by Crippen LogP contribution is 2.29. The lowest BCUT2D eigenvalue weighted by atomic mass is 9.82. The highest BCUT2D eigenvalue weighted by molar-refractivity contribution is 5.92. The molecule has 112 valence electrons. The lowest BCUT2D eigenvalue weighted by Gasteiger charge is -2.37. The monoisotopic (exact) mass is 291 g/mol. The maximum atomic E-state index is 13.0. The van der Waals surface area contributed by atoms with Gasteiger partial charge in [-0.1, -0.05) is 12.1 Å². The number of piperidine rings is 1. The molecule has 1 aromatic carbocycles. The minimum Gasteiger partial charge on any atom is -0.481 e. The molecule has 2 rings (SSSR count). The highest BCUT2D eigenvalue weighted by atomic mass is 19.1. The minimum absolute atomic E-state index is 0.203. The van der Waals surface area contributed by atoms with E-state index in [1.165, 1.54) is 29.2 Å². The number of benzene rings is 1. The molecule has 4 nitrogen and oxygen atoms in total. The Kier molecular flexibility index (Phi) is 4.40. The Bertz CT molecular complexity index is 585. The van der Waals surface area contributed by atoms with Crippen LogP contribution in [0.2, 0.25) is 0 Å². The molecule has 0 aliphatic carbocycles. The van der Waals surface area contributed by atoms with E-state index in [2.05, 4.69) is 0 Å². The van der Waals surface area contributed by atoms with Crippen LogP contribution in [-0.4, -0.2) is 35.0 Å². The van der Waals surface area contributed by atoms with Crippen molar-refractivity contribution in [3.8, 4) is 0 Å². The van der Waals surface area contributed by atoms with Crippen LogP contribution in [0, 0.1) is 11.2 Å². The van der Waals surface area contributed by atoms with E-state index in [1.807, 2.05) is 0 Å². The first-order valence-electron chi connectivity index (χ1n) is 6.87. The molecule has 1 aliphatic heterocycles. The summed E-state index contributed by atoms with van der Waals surface area (Å²) in [5.74, 6) is -1.48. The first-order valence-corrected chi connectivity index (χ1v) is 6.87. The van der Waals surface area contributed by atoms with Crippen LogP contribution in [0.5, 0.6) is 0 Å². The number of hydrogen-bond donors (Lipinski definition) is 1. The molecule has 0 bridgehead atoms. The summed E-state index contributed by atoms with van der Waals surface area (Å²) in [6.07, 6.45) is 4.14. The number of aliphatic carboxylic acids is 1. The van der Waals surface area contributed by atoms with Gasteiger partial charge < -0.3 is 10.0 Å². The van der Waals surface area contributed by atoms with Crippen molar-refractivity contribution in [3.63, 3.8) is 0 Å². The first-order chi connectivity index (χ1) is 9.90. The molecule has 1 aliphatic rings. The van der Waals surface area contributed by atoms with Gasteiger partial charge in [-0.15, -0.1) is 0 Å². The Hall–Kier alpha value is -2.17. The van der Waals surface area contributed by atoms with E-state index < -0.39 is 11.4 Å². The van der Waals surface area contributed by atoms with E-state index in [0.717, 1.165) is 0 Å². The van der Waals surface area contributed by atoms with Crippen LogP contribution in [0.1, 0.15) is 25.3 Å². The average molecular weight is 291 g/mol. The molecule has 21 heavy (non-hydrogen) atoms. The van der Waals surface area contributed by atoms with Crippen molar-refractivity contribution in [2.24, 2.45) is 5.41 Å². The van der Waals surface area contributed by atoms with Gasteiger partial charge in [0.25, 0.3) is 0 Å². The second-order valence-electron chi connectivity index (χ2n) is 5.62. The number of carboxylic acids is 1. The van der Waals surface area contributed by atoms with Crippen LogP contribution in [0.3, 0.4) is 0 Å². The van der Waals surface area contributed by atoms with Crippen LogP contribution in [-0.2, 0) is 9.59 Å². The topological polar surface area (TPSA) is 57.6 Å². The van der Waals surface area contributed by atoms with Crippen molar-refractivity contribution in [2.75, 3.05) is 13.1 Å². The Morgan fingerprint density at radius 2 is 2.19 bits per heavy atom. The van der Waals surface area contributed by atoms with Gasteiger partial charge in [-0.3, -0.25) is 9.59 Å². The van der Waals surface area contributed by atoms with E-state index in [1.54, 1.807) is 19.1 Å². The maximum Gasteiger partial charge on any atom is 0.311 e. The standard InChI is InChI=1S/C16H18FNO3/c1-16(15(20)21)8-3-9-18(11-16)14(19)7-6-12-4-2-5-13(17)10-12/h2,4-7,10H,3,8-9,11H2,1H3,(H,20,21). The van der Waals surface area contributed by atoms with Crippen LogP contribution in [0.15, 0.2) is 30.3 Å². The molecule has 1 amide bonds. The zero-order valence-electron chi connectivity index (χ0n) is 11.9. The summed E-state index contributed by atoms with van der Waals surface area (Å²) in [5, 5.41) is 9.24. The summed E-state index contributed by atoms with van der Waals surface area (Å²) in [6, 6.07) is 5.94. The second kappa shape index (κ2) is 6.08. The van der Waals surface area contributed by atoms with Gasteiger partial charge >= 0.3 is 5.97 Å². The molecule has 1 fully saturated rings. The number of rotatable bonds is 3. The third-order valence-corrected chi connectivity index (χ3v) is 3.79. The molecule has 5 heteroatoms. The van der Waals surface area contributed by atoms with Crippen molar-refractivity contribution in [3.05, 3.63) is 41.7 Å². The van der Waals surface area contributed by atoms with Gasteiger partial charge in [0, 0.05) is 19.2 Å². The summed E-state index contributed by atoms with van der Waals surface area (Å²) < 4.78 is 13.0. The van der Waals surface area contributed by atoms with Gasteiger partial charge in [0.1, 0.15) is 5.82 Å². The molecule has 1 heterocycles. The van der Waals surface area contributed by atoms with Crippen molar-refractivity contribution in [1.29, 1.82) is 0 Å². The average Bonchev–Trinajstić information content (AvgIpc) is 2.45. The number of amides is 1. The molecule has 0 aromatic heterocycles. The lowest BCUT2D eigenvalue weighted by Crippen LogP contribution is -2.47. The fourth-order valence-corrected chi connectivity index (χ4v) is 2.49. The number of hydrogen-bond acceptors (Lipinski definition) is 2. The molecule has 0 radical (unpaired) electrons. The Labute approximate surface area is 122 Å². The molecule has 0 spiro atoms. The van der Waals surface area contributed by atoms with E-state index in [-0.39, 0.29) is 18.3 Å². The van der Waals surface area contributed by atoms with Crippen molar-refractivity contribution < 1.29 is 19.1 Å². The molecule has 1 unspecified atom stereocenters. The number of likely N-dealkylation sites (tertiary alicyclic amines) is 1. The van der Waals surface area contributed by atoms with Gasteiger partial charge in [-0.2, -0.15) is 0 Å². The number of carbonyl (C=O) groups excluding carboxylic acids is 1. The highest BCUT2D eigenvalue weighted by Gasteiger charge is 2.38. The summed E-state index contributed by atoms with van der Waals surface area (Å²) in [6.45, 7) is 2.41. The van der Waals surface area contributed by atoms with Gasteiger partial charge in [0.2, 0.25) is 5.91 Å². The zero-order chi connectivity index (χ0) is 15.5. The van der Waals surface area contributed by atoms with Crippen LogP contribution < -0.4 is 0 Å². The van der Waals surface area contributed by atoms with Crippen LogP contribution in [0.4, 0.5) is 4.39 Å². The fourth-order valence-electron chi connectivity index (χ4n) is 2.49. The SMILES string of the molecule is CC1(C(=O)O)CCCN(C(=O)C=Cc2cccc(F)c2)C1. The van der Waals surface area contributed by atoms with Crippen molar-refractivity contribution in [1.82, 2.24) is 4.90 Å². The maximum absolute atomic E-state index is 13.0. The summed E-state index contributed by atoms with van der Waals surface area (Å²) >= 11 is 0.